The van der Waals surface area contributed by atoms with Crippen molar-refractivity contribution in [2.75, 3.05) is 0 Å². The third kappa shape index (κ3) is 6.27. The first-order chi connectivity index (χ1) is 21.0. The Morgan fingerprint density at radius 3 is 1.47 bits per heavy atom. The second-order valence-corrected chi connectivity index (χ2v) is 9.38. The van der Waals surface area contributed by atoms with Crippen LogP contribution in [0.4, 0.5) is 40.8 Å². The van der Waals surface area contributed by atoms with Crippen molar-refractivity contribution in [3.05, 3.63) is 104 Å². The van der Waals surface area contributed by atoms with Crippen LogP contribution in [0.1, 0.15) is 11.4 Å². The summed E-state index contributed by atoms with van der Waals surface area (Å²) in [7, 11) is 2.72. The van der Waals surface area contributed by atoms with Gasteiger partial charge in [0.2, 0.25) is 17.5 Å². The molecule has 17 heteroatoms. The van der Waals surface area contributed by atoms with Crippen LogP contribution < -0.4 is 4.74 Å². The molecule has 0 saturated heterocycles. The molecule has 9 nitrogen and oxygen atoms in total. The van der Waals surface area contributed by atoms with Crippen molar-refractivity contribution in [2.24, 2.45) is 14.1 Å². The summed E-state index contributed by atoms with van der Waals surface area (Å²) in [6, 6.07) is 2.85. The zero-order valence-corrected chi connectivity index (χ0v) is 23.4. The highest BCUT2D eigenvalue weighted by Gasteiger charge is 2.27. The van der Waals surface area contributed by atoms with E-state index in [4.69, 9.17) is 4.74 Å². The Balaban J connectivity index is 0.000000231. The summed E-state index contributed by atoms with van der Waals surface area (Å²) in [5, 5.41) is 28.1. The minimum atomic E-state index is -1.41. The van der Waals surface area contributed by atoms with Crippen LogP contribution in [0.25, 0.3) is 22.3 Å². The highest BCUT2D eigenvalue weighted by atomic mass is 19.2. The molecule has 0 radical (unpaired) electrons. The van der Waals surface area contributed by atoms with Gasteiger partial charge in [-0.1, -0.05) is 0 Å². The molecule has 1 N–H and O–H groups in total. The number of nitro benzene ring substituents is 1. The molecule has 0 aliphatic rings. The summed E-state index contributed by atoms with van der Waals surface area (Å²) in [4.78, 5) is 9.68. The molecule has 0 fully saturated rings. The third-order valence-electron chi connectivity index (χ3n) is 6.27. The Morgan fingerprint density at radius 1 is 0.667 bits per heavy atom. The maximum Gasteiger partial charge on any atom is 0.275 e. The molecule has 236 valence electrons. The van der Waals surface area contributed by atoms with Gasteiger partial charge in [0.1, 0.15) is 34.9 Å². The Kier molecular flexibility index (Phi) is 8.83. The fourth-order valence-electron chi connectivity index (χ4n) is 4.39. The minimum absolute atomic E-state index is 0.0321. The lowest BCUT2D eigenvalue weighted by atomic mass is 10.0. The molecule has 0 aliphatic carbocycles. The molecule has 3 aromatic carbocycles. The molecule has 0 bridgehead atoms. The monoisotopic (exact) mass is 641 g/mol. The highest BCUT2D eigenvalue weighted by Crippen LogP contribution is 2.41. The lowest BCUT2D eigenvalue weighted by Gasteiger charge is -2.12. The second-order valence-electron chi connectivity index (χ2n) is 9.38. The maximum atomic E-state index is 14.2. The van der Waals surface area contributed by atoms with E-state index in [1.807, 2.05) is 0 Å². The Bertz CT molecular complexity index is 1910. The van der Waals surface area contributed by atoms with Gasteiger partial charge in [0, 0.05) is 38.4 Å². The zero-order chi connectivity index (χ0) is 33.5. The van der Waals surface area contributed by atoms with Gasteiger partial charge >= 0.3 is 0 Å². The lowest BCUT2D eigenvalue weighted by molar-refractivity contribution is -0.385. The lowest BCUT2D eigenvalue weighted by Crippen LogP contribution is -2.02. The van der Waals surface area contributed by atoms with E-state index < -0.39 is 79.9 Å². The quantitative estimate of drug-likeness (QED) is 0.123. The van der Waals surface area contributed by atoms with Crippen molar-refractivity contribution in [3.63, 3.8) is 0 Å². The number of rotatable bonds is 5. The zero-order valence-electron chi connectivity index (χ0n) is 23.4. The third-order valence-corrected chi connectivity index (χ3v) is 6.27. The van der Waals surface area contributed by atoms with E-state index in [0.717, 1.165) is 9.36 Å². The van der Waals surface area contributed by atoms with Crippen molar-refractivity contribution in [3.8, 4) is 39.8 Å². The second kappa shape index (κ2) is 12.3. The van der Waals surface area contributed by atoms with E-state index in [1.54, 1.807) is 0 Å². The van der Waals surface area contributed by atoms with Gasteiger partial charge in [-0.3, -0.25) is 10.1 Å². The predicted molar refractivity (Wildman–Crippen MR) is 141 cm³/mol. The summed E-state index contributed by atoms with van der Waals surface area (Å²) in [6.45, 7) is 2.85. The molecule has 0 unspecified atom stereocenters. The van der Waals surface area contributed by atoms with Crippen molar-refractivity contribution in [1.29, 1.82) is 0 Å². The summed E-state index contributed by atoms with van der Waals surface area (Å²) in [5.41, 5.74) is -2.10. The maximum absolute atomic E-state index is 14.2. The number of nitro groups is 1. The summed E-state index contributed by atoms with van der Waals surface area (Å²) in [6.07, 6.45) is 0. The first-order valence-corrected chi connectivity index (χ1v) is 12.4. The van der Waals surface area contributed by atoms with Crippen molar-refractivity contribution >= 4 is 5.69 Å². The van der Waals surface area contributed by atoms with Gasteiger partial charge in [-0.05, 0) is 13.8 Å². The molecular formula is C28H19F8N5O4. The van der Waals surface area contributed by atoms with Gasteiger partial charge in [0.25, 0.3) is 5.69 Å². The topological polar surface area (TPSA) is 108 Å². The van der Waals surface area contributed by atoms with Gasteiger partial charge < -0.3 is 9.84 Å². The van der Waals surface area contributed by atoms with E-state index in [9.17, 15) is 50.3 Å². The standard InChI is InChI=1S/C17H10F5N3O3.C11H9F3N2O/c1-7-14(15-10(19)3-8(18)4-11(15)20)17(24(2)23-7)28-16-12(21)5-9(25(26)27)6-13(16)22;1-5-9(11(17)16(2)15-5)10-7(13)3-6(12)4-8(10)14/h3-6H,1-2H3;3-4,17H,1-2H3. The molecule has 2 heterocycles. The fourth-order valence-corrected chi connectivity index (χ4v) is 4.39. The highest BCUT2D eigenvalue weighted by molar-refractivity contribution is 5.73. The van der Waals surface area contributed by atoms with E-state index in [-0.39, 0.29) is 28.4 Å². The molecule has 5 rings (SSSR count). The normalized spacial score (nSPS) is 10.9. The Labute approximate surface area is 247 Å². The van der Waals surface area contributed by atoms with Crippen molar-refractivity contribution < 1.29 is 49.9 Å². The predicted octanol–water partition coefficient (Wildman–Crippen LogP) is 7.31. The minimum Gasteiger partial charge on any atom is -0.493 e. The first kappa shape index (κ1) is 32.4. The number of aromatic hydroxyl groups is 1. The van der Waals surface area contributed by atoms with Crippen LogP contribution in [0.5, 0.6) is 17.5 Å². The molecule has 5 aromatic rings. The van der Waals surface area contributed by atoms with Crippen LogP contribution in [0.15, 0.2) is 36.4 Å². The van der Waals surface area contributed by atoms with Crippen molar-refractivity contribution in [2.45, 2.75) is 13.8 Å². The average Bonchev–Trinajstić information content (AvgIpc) is 3.33. The molecule has 0 saturated carbocycles. The van der Waals surface area contributed by atoms with Gasteiger partial charge in [-0.15, -0.1) is 0 Å². The first-order valence-electron chi connectivity index (χ1n) is 12.4. The number of ether oxygens (including phenoxy) is 1. The number of halogens is 8. The molecule has 45 heavy (non-hydrogen) atoms. The van der Waals surface area contributed by atoms with Crippen LogP contribution in [0.2, 0.25) is 0 Å². The van der Waals surface area contributed by atoms with Crippen LogP contribution in [0.3, 0.4) is 0 Å². The Hall–Kier alpha value is -5.48. The molecule has 0 atom stereocenters. The molecular weight excluding hydrogens is 622 g/mol. The largest absolute Gasteiger partial charge is 0.493 e. The van der Waals surface area contributed by atoms with E-state index in [2.05, 4.69) is 10.2 Å². The SMILES string of the molecule is Cc1nn(C)c(O)c1-c1c(F)cc(F)cc1F.Cc1nn(C)c(Oc2c(F)cc([N+](=O)[O-])cc2F)c1-c1c(F)cc(F)cc1F. The Morgan fingerprint density at radius 2 is 1.07 bits per heavy atom. The average molecular weight is 641 g/mol. The number of aryl methyl sites for hydroxylation is 4. The summed E-state index contributed by atoms with van der Waals surface area (Å²) >= 11 is 0. The van der Waals surface area contributed by atoms with Crippen LogP contribution >= 0.6 is 0 Å². The molecule has 0 amide bonds. The van der Waals surface area contributed by atoms with Crippen LogP contribution in [0, 0.1) is 70.5 Å². The van der Waals surface area contributed by atoms with Gasteiger partial charge in [0.05, 0.1) is 50.7 Å². The van der Waals surface area contributed by atoms with Gasteiger partial charge in [0.15, 0.2) is 11.6 Å². The van der Waals surface area contributed by atoms with E-state index in [1.165, 1.54) is 27.9 Å². The number of nitrogens with zero attached hydrogens (tertiary/aromatic N) is 5. The smallest absolute Gasteiger partial charge is 0.275 e. The van der Waals surface area contributed by atoms with E-state index >= 15 is 0 Å². The number of benzene rings is 3. The number of non-ortho nitro benzene ring substituents is 1. The summed E-state index contributed by atoms with van der Waals surface area (Å²) in [5.74, 6) is -11.5. The number of aromatic nitrogens is 4. The number of hydrogen-bond acceptors (Lipinski definition) is 6. The van der Waals surface area contributed by atoms with Crippen molar-refractivity contribution in [1.82, 2.24) is 19.6 Å². The van der Waals surface area contributed by atoms with Crippen LogP contribution in [-0.2, 0) is 14.1 Å². The van der Waals surface area contributed by atoms with Gasteiger partial charge in [-0.25, -0.2) is 44.5 Å². The molecule has 2 aromatic heterocycles. The van der Waals surface area contributed by atoms with Crippen LogP contribution in [-0.4, -0.2) is 29.6 Å². The number of hydrogen-bond donors (Lipinski definition) is 1. The fraction of sp³-hybridized carbons (Fsp3) is 0.143. The molecule has 0 spiro atoms. The molecule has 0 aliphatic heterocycles. The van der Waals surface area contributed by atoms with Gasteiger partial charge in [-0.2, -0.15) is 10.2 Å². The summed E-state index contributed by atoms with van der Waals surface area (Å²) < 4.78 is 117. The van der Waals surface area contributed by atoms with E-state index in [0.29, 0.717) is 36.4 Å².